The molecular weight excluding hydrogens is 469 g/mol. The molecule has 0 bridgehead atoms. The minimum absolute atomic E-state index is 0. The molecule has 3 N–H and O–H groups in total. The summed E-state index contributed by atoms with van der Waals surface area (Å²) in [5, 5.41) is 3.19. The summed E-state index contributed by atoms with van der Waals surface area (Å²) in [6, 6.07) is 10.2. The molecule has 1 amide bonds. The van der Waals surface area contributed by atoms with Gasteiger partial charge in [-0.2, -0.15) is 0 Å². The molecule has 0 spiro atoms. The second-order valence-corrected chi connectivity index (χ2v) is 7.28. The number of nitrogens with zero attached hydrogens (tertiary/aromatic N) is 3. The molecule has 0 aliphatic carbocycles. The van der Waals surface area contributed by atoms with Gasteiger partial charge in [-0.25, -0.2) is 0 Å². The van der Waals surface area contributed by atoms with Crippen molar-refractivity contribution in [3.05, 3.63) is 35.9 Å². The van der Waals surface area contributed by atoms with Crippen LogP contribution < -0.4 is 11.1 Å². The number of morpholine rings is 1. The summed E-state index contributed by atoms with van der Waals surface area (Å²) in [4.78, 5) is 20.9. The van der Waals surface area contributed by atoms with Gasteiger partial charge >= 0.3 is 0 Å². The van der Waals surface area contributed by atoms with E-state index >= 15 is 0 Å². The Kier molecular flexibility index (Phi) is 9.46. The molecule has 28 heavy (non-hydrogen) atoms. The van der Waals surface area contributed by atoms with Crippen LogP contribution in [0.15, 0.2) is 35.3 Å². The summed E-state index contributed by atoms with van der Waals surface area (Å²) in [5.41, 5.74) is 7.19. The van der Waals surface area contributed by atoms with Gasteiger partial charge in [-0.3, -0.25) is 14.7 Å². The fraction of sp³-hybridized carbons (Fsp3) is 0.600. The maximum Gasteiger partial charge on any atom is 0.223 e. The molecule has 1 aromatic carbocycles. The smallest absolute Gasteiger partial charge is 0.223 e. The predicted octanol–water partition coefficient (Wildman–Crippen LogP) is 1.45. The number of ether oxygens (including phenoxy) is 1. The number of halogens is 1. The summed E-state index contributed by atoms with van der Waals surface area (Å²) in [7, 11) is 1.87. The zero-order chi connectivity index (χ0) is 19.1. The average Bonchev–Trinajstić information content (AvgIpc) is 2.99. The van der Waals surface area contributed by atoms with E-state index in [9.17, 15) is 4.79 Å². The zero-order valence-corrected chi connectivity index (χ0v) is 18.9. The summed E-state index contributed by atoms with van der Waals surface area (Å²) in [6.45, 7) is 6.07. The van der Waals surface area contributed by atoms with E-state index in [1.54, 1.807) is 0 Å². The highest BCUT2D eigenvalue weighted by Gasteiger charge is 2.38. The van der Waals surface area contributed by atoms with E-state index in [0.717, 1.165) is 51.4 Å². The molecule has 2 aliphatic rings. The number of nitrogens with one attached hydrogen (secondary N) is 1. The molecule has 2 atom stereocenters. The number of hydrogen-bond donors (Lipinski definition) is 2. The highest BCUT2D eigenvalue weighted by atomic mass is 127. The molecule has 8 heteroatoms. The second-order valence-electron chi connectivity index (χ2n) is 7.28. The van der Waals surface area contributed by atoms with Gasteiger partial charge in [0.05, 0.1) is 19.3 Å². The van der Waals surface area contributed by atoms with Crippen molar-refractivity contribution in [1.29, 1.82) is 0 Å². The van der Waals surface area contributed by atoms with Gasteiger partial charge in [0, 0.05) is 45.6 Å². The highest BCUT2D eigenvalue weighted by Crippen LogP contribution is 2.36. The van der Waals surface area contributed by atoms with Crippen molar-refractivity contribution in [3.63, 3.8) is 0 Å². The molecule has 2 fully saturated rings. The molecule has 0 radical (unpaired) electrons. The van der Waals surface area contributed by atoms with E-state index in [1.807, 2.05) is 30.1 Å². The van der Waals surface area contributed by atoms with Gasteiger partial charge in [0.25, 0.3) is 0 Å². The first kappa shape index (κ1) is 22.9. The fourth-order valence-corrected chi connectivity index (χ4v) is 3.88. The minimum Gasteiger partial charge on any atom is -0.379 e. The average molecular weight is 501 g/mol. The zero-order valence-electron chi connectivity index (χ0n) is 16.5. The van der Waals surface area contributed by atoms with Crippen molar-refractivity contribution in [2.75, 3.05) is 53.0 Å². The van der Waals surface area contributed by atoms with Crippen molar-refractivity contribution in [3.8, 4) is 0 Å². The topological polar surface area (TPSA) is 83.2 Å². The third-order valence-electron chi connectivity index (χ3n) is 5.39. The summed E-state index contributed by atoms with van der Waals surface area (Å²) in [6.07, 6.45) is 1.54. The van der Waals surface area contributed by atoms with E-state index < -0.39 is 0 Å². The molecule has 3 rings (SSSR count). The largest absolute Gasteiger partial charge is 0.379 e. The maximum atomic E-state index is 12.2. The third-order valence-corrected chi connectivity index (χ3v) is 5.39. The van der Waals surface area contributed by atoms with Crippen LogP contribution in [0.4, 0.5) is 0 Å². The van der Waals surface area contributed by atoms with Crippen molar-refractivity contribution < 1.29 is 9.53 Å². The van der Waals surface area contributed by atoms with Gasteiger partial charge in [0.15, 0.2) is 5.96 Å². The van der Waals surface area contributed by atoms with E-state index in [-0.39, 0.29) is 41.8 Å². The summed E-state index contributed by atoms with van der Waals surface area (Å²) in [5.74, 6) is 0.783. The van der Waals surface area contributed by atoms with E-state index in [0.29, 0.717) is 18.9 Å². The van der Waals surface area contributed by atoms with Crippen LogP contribution in [0.2, 0.25) is 0 Å². The van der Waals surface area contributed by atoms with Crippen LogP contribution in [0.3, 0.4) is 0 Å². The van der Waals surface area contributed by atoms with Gasteiger partial charge < -0.3 is 20.7 Å². The van der Waals surface area contributed by atoms with Crippen LogP contribution >= 0.6 is 24.0 Å². The number of hydrogen-bond acceptors (Lipinski definition) is 4. The first-order valence-corrected chi connectivity index (χ1v) is 9.79. The van der Waals surface area contributed by atoms with E-state index in [4.69, 9.17) is 10.5 Å². The lowest BCUT2D eigenvalue weighted by atomic mass is 9.94. The quantitative estimate of drug-likeness (QED) is 0.256. The Hall–Kier alpha value is -1.39. The highest BCUT2D eigenvalue weighted by molar-refractivity contribution is 14.0. The minimum atomic E-state index is 0. The number of guanidine groups is 1. The second kappa shape index (κ2) is 11.6. The van der Waals surface area contributed by atoms with Crippen LogP contribution in [0.1, 0.15) is 24.4 Å². The predicted molar refractivity (Wildman–Crippen MR) is 122 cm³/mol. The van der Waals surface area contributed by atoms with Crippen LogP contribution in [0.5, 0.6) is 0 Å². The number of rotatable bonds is 7. The fourth-order valence-electron chi connectivity index (χ4n) is 3.88. The summed E-state index contributed by atoms with van der Waals surface area (Å²) >= 11 is 0. The van der Waals surface area contributed by atoms with Crippen LogP contribution in [0, 0.1) is 5.92 Å². The molecule has 2 unspecified atom stereocenters. The Morgan fingerprint density at radius 3 is 2.71 bits per heavy atom. The molecule has 0 saturated carbocycles. The molecule has 2 saturated heterocycles. The van der Waals surface area contributed by atoms with Crippen molar-refractivity contribution >= 4 is 35.8 Å². The number of carbonyl (C=O) groups excluding carboxylic acids is 1. The lowest BCUT2D eigenvalue weighted by molar-refractivity contribution is -0.127. The van der Waals surface area contributed by atoms with E-state index in [1.165, 1.54) is 0 Å². The lowest BCUT2D eigenvalue weighted by Crippen LogP contribution is -2.39. The van der Waals surface area contributed by atoms with Crippen LogP contribution in [-0.2, 0) is 9.53 Å². The number of aliphatic imine (C=N–C) groups is 1. The van der Waals surface area contributed by atoms with Gasteiger partial charge in [-0.05, 0) is 18.5 Å². The first-order valence-electron chi connectivity index (χ1n) is 9.79. The monoisotopic (exact) mass is 501 g/mol. The molecule has 2 heterocycles. The number of carbonyl (C=O) groups is 1. The Labute approximate surface area is 184 Å². The van der Waals surface area contributed by atoms with Gasteiger partial charge in [0.1, 0.15) is 0 Å². The van der Waals surface area contributed by atoms with Crippen molar-refractivity contribution in [2.45, 2.75) is 18.9 Å². The molecule has 7 nitrogen and oxygen atoms in total. The van der Waals surface area contributed by atoms with Gasteiger partial charge in [-0.1, -0.05) is 30.3 Å². The lowest BCUT2D eigenvalue weighted by Gasteiger charge is -2.26. The summed E-state index contributed by atoms with van der Waals surface area (Å²) < 4.78 is 5.36. The maximum absolute atomic E-state index is 12.2. The van der Waals surface area contributed by atoms with Gasteiger partial charge in [0.2, 0.25) is 5.91 Å². The molecule has 1 aromatic rings. The van der Waals surface area contributed by atoms with Gasteiger partial charge in [-0.15, -0.1) is 24.0 Å². The number of amides is 1. The normalized spacial score (nSPS) is 23.5. The Balaban J connectivity index is 0.00000280. The molecule has 2 aliphatic heterocycles. The number of likely N-dealkylation sites (tertiary alicyclic amines) is 1. The molecule has 156 valence electrons. The van der Waals surface area contributed by atoms with Crippen molar-refractivity contribution in [2.24, 2.45) is 16.6 Å². The van der Waals surface area contributed by atoms with E-state index in [2.05, 4.69) is 27.3 Å². The molecule has 0 aromatic heterocycles. The number of benzene rings is 1. The van der Waals surface area contributed by atoms with Crippen LogP contribution in [-0.4, -0.2) is 74.7 Å². The SMILES string of the molecule is CN1C(=O)CC(CN=C(N)NCCCN2CCOCC2)C1c1ccccc1.I. The Morgan fingerprint density at radius 2 is 2.00 bits per heavy atom. The Bertz CT molecular complexity index is 637. The van der Waals surface area contributed by atoms with Crippen molar-refractivity contribution in [1.82, 2.24) is 15.1 Å². The number of nitrogens with two attached hydrogens (primary N) is 1. The first-order chi connectivity index (χ1) is 13.1. The Morgan fingerprint density at radius 1 is 1.29 bits per heavy atom. The third kappa shape index (κ3) is 6.31. The van der Waals surface area contributed by atoms with Crippen LogP contribution in [0.25, 0.3) is 0 Å². The molecular formula is C20H32IN5O2. The standard InChI is InChI=1S/C20H31N5O2.HI/c1-24-18(26)14-17(19(24)16-6-3-2-4-7-16)15-23-20(21)22-8-5-9-25-10-12-27-13-11-25;/h2-4,6-7,17,19H,5,8-15H2,1H3,(H3,21,22,23);1H.